The lowest BCUT2D eigenvalue weighted by molar-refractivity contribution is 0.425. The highest BCUT2D eigenvalue weighted by Gasteiger charge is 2.13. The van der Waals surface area contributed by atoms with Gasteiger partial charge in [0.2, 0.25) is 0 Å². The zero-order valence-electron chi connectivity index (χ0n) is 30.2. The van der Waals surface area contributed by atoms with Gasteiger partial charge in [0.1, 0.15) is 0 Å². The zero-order valence-corrected chi connectivity index (χ0v) is 30.2. The highest BCUT2D eigenvalue weighted by molar-refractivity contribution is 5.66. The van der Waals surface area contributed by atoms with Crippen LogP contribution in [0.5, 0.6) is 0 Å². The molecule has 2 heteroatoms. The van der Waals surface area contributed by atoms with Gasteiger partial charge in [-0.05, 0) is 132 Å². The minimum absolute atomic E-state index is 0.688. The van der Waals surface area contributed by atoms with Crippen molar-refractivity contribution in [2.45, 2.75) is 84.5 Å². The molecule has 2 atom stereocenters. The summed E-state index contributed by atoms with van der Waals surface area (Å²) in [6, 6.07) is 36.3. The second-order valence-corrected chi connectivity index (χ2v) is 13.7. The maximum atomic E-state index is 8.88. The molecule has 0 saturated heterocycles. The van der Waals surface area contributed by atoms with Gasteiger partial charge in [-0.15, -0.1) is 0 Å². The van der Waals surface area contributed by atoms with Gasteiger partial charge in [0, 0.05) is 11.1 Å². The van der Waals surface area contributed by atoms with Crippen LogP contribution in [0.1, 0.15) is 107 Å². The lowest BCUT2D eigenvalue weighted by atomic mass is 9.86. The average Bonchev–Trinajstić information content (AvgIpc) is 3.20. The molecule has 0 spiro atoms. The summed E-state index contributed by atoms with van der Waals surface area (Å²) in [6.45, 7) is 4.53. The largest absolute Gasteiger partial charge is 0.192 e. The Kier molecular flexibility index (Phi) is 14.1. The molecule has 0 radical (unpaired) electrons. The van der Waals surface area contributed by atoms with E-state index in [1.807, 2.05) is 48.5 Å². The third-order valence-corrected chi connectivity index (χ3v) is 9.90. The number of rotatable bonds is 7. The van der Waals surface area contributed by atoms with Crippen molar-refractivity contribution in [1.82, 2.24) is 0 Å². The third kappa shape index (κ3) is 11.5. The number of allylic oxidation sites excluding steroid dienone is 4. The summed E-state index contributed by atoms with van der Waals surface area (Å²) < 4.78 is 0. The van der Waals surface area contributed by atoms with Gasteiger partial charge in [0.25, 0.3) is 0 Å². The van der Waals surface area contributed by atoms with E-state index in [9.17, 15) is 0 Å². The molecule has 0 fully saturated rings. The van der Waals surface area contributed by atoms with Crippen LogP contribution in [0.25, 0.3) is 22.3 Å². The van der Waals surface area contributed by atoms with Crippen molar-refractivity contribution in [3.8, 4) is 58.1 Å². The van der Waals surface area contributed by atoms with E-state index in [0.717, 1.165) is 58.1 Å². The fourth-order valence-corrected chi connectivity index (χ4v) is 6.70. The Morgan fingerprint density at radius 1 is 0.471 bits per heavy atom. The van der Waals surface area contributed by atoms with Crippen LogP contribution < -0.4 is 0 Å². The molecule has 0 N–H and O–H groups in total. The van der Waals surface area contributed by atoms with Crippen molar-refractivity contribution in [3.05, 3.63) is 143 Å². The van der Waals surface area contributed by atoms with Crippen molar-refractivity contribution in [3.63, 3.8) is 0 Å². The van der Waals surface area contributed by atoms with Gasteiger partial charge in [0.15, 0.2) is 0 Å². The van der Waals surface area contributed by atoms with Crippen molar-refractivity contribution in [2.75, 3.05) is 0 Å². The number of hydrogen-bond donors (Lipinski definition) is 0. The SMILES string of the molecule is CCCC1CC=C(C#Cc2ccc(-c3ccc(C#N)cc3)cc2)CC1.CCCCC1CC=C(C#Cc2ccc(-c3ccc(C#N)cc3)cc2)CC1. The minimum Gasteiger partial charge on any atom is -0.192 e. The van der Waals surface area contributed by atoms with Gasteiger partial charge >= 0.3 is 0 Å². The molecule has 0 heterocycles. The van der Waals surface area contributed by atoms with E-state index >= 15 is 0 Å². The summed E-state index contributed by atoms with van der Waals surface area (Å²) in [7, 11) is 0. The zero-order chi connectivity index (χ0) is 35.7. The molecular formula is C49H48N2. The second-order valence-electron chi connectivity index (χ2n) is 13.7. The highest BCUT2D eigenvalue weighted by Crippen LogP contribution is 2.28. The van der Waals surface area contributed by atoms with Crippen LogP contribution in [0.2, 0.25) is 0 Å². The minimum atomic E-state index is 0.688. The van der Waals surface area contributed by atoms with E-state index in [1.54, 1.807) is 0 Å². The van der Waals surface area contributed by atoms with E-state index < -0.39 is 0 Å². The van der Waals surface area contributed by atoms with Crippen LogP contribution in [0.4, 0.5) is 0 Å². The molecule has 4 aromatic carbocycles. The van der Waals surface area contributed by atoms with Gasteiger partial charge < -0.3 is 0 Å². The lowest BCUT2D eigenvalue weighted by Crippen LogP contribution is -2.05. The molecule has 6 rings (SSSR count). The number of unbranched alkanes of at least 4 members (excludes halogenated alkanes) is 1. The van der Waals surface area contributed by atoms with Crippen LogP contribution in [0.15, 0.2) is 120 Å². The summed E-state index contributed by atoms with van der Waals surface area (Å²) in [4.78, 5) is 0. The first-order chi connectivity index (χ1) is 25.1. The molecule has 0 bridgehead atoms. The number of nitriles is 2. The van der Waals surface area contributed by atoms with Crippen LogP contribution in [-0.4, -0.2) is 0 Å². The van der Waals surface area contributed by atoms with Crippen LogP contribution in [0, 0.1) is 58.2 Å². The van der Waals surface area contributed by atoms with Gasteiger partial charge in [-0.2, -0.15) is 10.5 Å². The second kappa shape index (κ2) is 19.6. The Morgan fingerprint density at radius 3 is 1.16 bits per heavy atom. The maximum Gasteiger partial charge on any atom is 0.0991 e. The molecule has 0 amide bonds. The molecular weight excluding hydrogens is 617 g/mol. The normalized spacial score (nSPS) is 16.2. The molecule has 0 aromatic heterocycles. The van der Waals surface area contributed by atoms with Gasteiger partial charge in [-0.25, -0.2) is 0 Å². The van der Waals surface area contributed by atoms with Gasteiger partial charge in [-0.3, -0.25) is 0 Å². The molecule has 2 aliphatic carbocycles. The van der Waals surface area contributed by atoms with Crippen molar-refractivity contribution >= 4 is 0 Å². The average molecular weight is 665 g/mol. The van der Waals surface area contributed by atoms with Crippen LogP contribution >= 0.6 is 0 Å². The monoisotopic (exact) mass is 664 g/mol. The molecule has 2 unspecified atom stereocenters. The number of hydrogen-bond acceptors (Lipinski definition) is 2. The molecule has 2 nitrogen and oxygen atoms in total. The molecule has 4 aromatic rings. The Labute approximate surface area is 306 Å². The summed E-state index contributed by atoms with van der Waals surface area (Å²) in [5.74, 6) is 15.0. The fourth-order valence-electron chi connectivity index (χ4n) is 6.70. The number of benzene rings is 4. The number of nitrogens with zero attached hydrogens (tertiary/aromatic N) is 2. The van der Waals surface area contributed by atoms with E-state index in [1.165, 1.54) is 68.9 Å². The first-order valence-electron chi connectivity index (χ1n) is 18.7. The third-order valence-electron chi connectivity index (χ3n) is 9.90. The quantitative estimate of drug-likeness (QED) is 0.185. The van der Waals surface area contributed by atoms with Crippen LogP contribution in [-0.2, 0) is 0 Å². The summed E-state index contributed by atoms with van der Waals surface area (Å²) in [5, 5.41) is 17.8. The highest BCUT2D eigenvalue weighted by atomic mass is 14.2. The van der Waals surface area contributed by atoms with Crippen molar-refractivity contribution < 1.29 is 0 Å². The van der Waals surface area contributed by atoms with E-state index in [0.29, 0.717) is 11.1 Å². The van der Waals surface area contributed by atoms with Crippen molar-refractivity contribution in [2.24, 2.45) is 11.8 Å². The smallest absolute Gasteiger partial charge is 0.0991 e. The summed E-state index contributed by atoms with van der Waals surface area (Å²) in [5.41, 5.74) is 10.6. The maximum absolute atomic E-state index is 8.88. The Bertz CT molecular complexity index is 1990. The predicted octanol–water partition coefficient (Wildman–Crippen LogP) is 12.6. The van der Waals surface area contributed by atoms with E-state index in [4.69, 9.17) is 10.5 Å². The van der Waals surface area contributed by atoms with E-state index in [2.05, 4.69) is 110 Å². The Morgan fingerprint density at radius 2 is 0.843 bits per heavy atom. The summed E-state index contributed by atoms with van der Waals surface area (Å²) >= 11 is 0. The molecule has 0 saturated carbocycles. The first-order valence-corrected chi connectivity index (χ1v) is 18.7. The van der Waals surface area contributed by atoms with Gasteiger partial charge in [-0.1, -0.05) is 130 Å². The van der Waals surface area contributed by atoms with Crippen LogP contribution in [0.3, 0.4) is 0 Å². The van der Waals surface area contributed by atoms with Gasteiger partial charge in [0.05, 0.1) is 23.3 Å². The predicted molar refractivity (Wildman–Crippen MR) is 212 cm³/mol. The lowest BCUT2D eigenvalue weighted by Gasteiger charge is -2.19. The molecule has 0 aliphatic heterocycles. The fraction of sp³-hybridized carbons (Fsp3) is 0.306. The Hall–Kier alpha value is -5.54. The standard InChI is InChI=1S/C25H25N.C24H23N/c1-2-3-4-20-5-7-21(8-6-20)9-10-22-11-15-24(16-12-22)25-17-13-23(19-26)14-18-25;1-2-3-19-4-6-20(7-5-19)8-9-21-10-14-23(15-11-21)24-16-12-22(18-25)13-17-24/h7,11-18,20H,2-6,8H2,1H3;6,10-17,19H,2-5,7H2,1H3. The first kappa shape index (κ1) is 36.7. The van der Waals surface area contributed by atoms with E-state index in [-0.39, 0.29) is 0 Å². The molecule has 2 aliphatic rings. The topological polar surface area (TPSA) is 47.6 Å². The molecule has 254 valence electrons. The molecule has 51 heavy (non-hydrogen) atoms. The Balaban J connectivity index is 0.000000198. The summed E-state index contributed by atoms with van der Waals surface area (Å²) in [6.07, 6.45) is 18.5. The van der Waals surface area contributed by atoms with Crippen molar-refractivity contribution in [1.29, 1.82) is 10.5 Å².